The van der Waals surface area contributed by atoms with Crippen molar-refractivity contribution in [1.29, 1.82) is 0 Å². The molecule has 1 saturated carbocycles. The molecular formula is C28H32N2O9S. The highest BCUT2D eigenvalue weighted by Gasteiger charge is 2.35. The van der Waals surface area contributed by atoms with Gasteiger partial charge in [-0.25, -0.2) is 13.2 Å². The van der Waals surface area contributed by atoms with Crippen LogP contribution in [-0.4, -0.2) is 55.7 Å². The molecule has 12 heteroatoms. The van der Waals surface area contributed by atoms with Gasteiger partial charge in [-0.1, -0.05) is 54.1 Å². The van der Waals surface area contributed by atoms with Crippen LogP contribution < -0.4 is 19.5 Å². The highest BCUT2D eigenvalue weighted by Crippen LogP contribution is 2.35. The van der Waals surface area contributed by atoms with Crippen molar-refractivity contribution < 1.29 is 41.8 Å². The summed E-state index contributed by atoms with van der Waals surface area (Å²) in [5.41, 5.74) is 0.827. The van der Waals surface area contributed by atoms with Crippen molar-refractivity contribution in [2.24, 2.45) is 0 Å². The molecule has 1 aliphatic carbocycles. The van der Waals surface area contributed by atoms with Crippen molar-refractivity contribution in [3.05, 3.63) is 72.7 Å². The van der Waals surface area contributed by atoms with Crippen LogP contribution in [0.1, 0.15) is 37.7 Å². The zero-order chi connectivity index (χ0) is 28.0. The van der Waals surface area contributed by atoms with Gasteiger partial charge >= 0.3 is 6.09 Å². The molecular weight excluding hydrogens is 540 g/mol. The van der Waals surface area contributed by atoms with Gasteiger partial charge in [-0.3, -0.25) is 4.84 Å². The molecule has 0 spiro atoms. The van der Waals surface area contributed by atoms with Crippen LogP contribution in [-0.2, 0) is 21.3 Å². The molecule has 2 aromatic carbocycles. The molecule has 1 fully saturated rings. The Labute approximate surface area is 232 Å². The highest BCUT2D eigenvalue weighted by atomic mass is 32.2. The first-order valence-electron chi connectivity index (χ1n) is 13.2. The molecule has 2 N–H and O–H groups in total. The van der Waals surface area contributed by atoms with Crippen molar-refractivity contribution in [3.8, 4) is 17.2 Å². The number of hydrogen-bond acceptors (Lipinski definition) is 9. The molecule has 5 rings (SSSR count). The van der Waals surface area contributed by atoms with Crippen molar-refractivity contribution >= 4 is 16.1 Å². The summed E-state index contributed by atoms with van der Waals surface area (Å²) in [6.07, 6.45) is 4.63. The van der Waals surface area contributed by atoms with Crippen LogP contribution >= 0.6 is 0 Å². The number of rotatable bonds is 11. The van der Waals surface area contributed by atoms with E-state index < -0.39 is 34.8 Å². The Morgan fingerprint density at radius 1 is 1.05 bits per heavy atom. The van der Waals surface area contributed by atoms with Gasteiger partial charge in [0, 0.05) is 12.1 Å². The van der Waals surface area contributed by atoms with Gasteiger partial charge in [0.1, 0.15) is 6.26 Å². The number of nitrogens with one attached hydrogen (secondary N) is 1. The Morgan fingerprint density at radius 3 is 2.58 bits per heavy atom. The second-order valence-corrected chi connectivity index (χ2v) is 11.6. The summed E-state index contributed by atoms with van der Waals surface area (Å²) in [5.74, 6) is 0.949. The predicted molar refractivity (Wildman–Crippen MR) is 142 cm³/mol. The Morgan fingerprint density at radius 2 is 1.82 bits per heavy atom. The lowest BCUT2D eigenvalue weighted by molar-refractivity contribution is -0.156. The van der Waals surface area contributed by atoms with Gasteiger partial charge in [-0.15, -0.1) is 0 Å². The fourth-order valence-corrected chi connectivity index (χ4v) is 6.03. The van der Waals surface area contributed by atoms with Crippen molar-refractivity contribution in [1.82, 2.24) is 9.79 Å². The number of nitrogens with zero attached hydrogens (tertiary/aromatic N) is 1. The van der Waals surface area contributed by atoms with E-state index in [1.165, 1.54) is 36.8 Å². The van der Waals surface area contributed by atoms with Crippen molar-refractivity contribution in [2.45, 2.75) is 61.7 Å². The first-order chi connectivity index (χ1) is 19.4. The third-order valence-electron chi connectivity index (χ3n) is 6.84. The molecule has 1 aromatic heterocycles. The third kappa shape index (κ3) is 6.94. The van der Waals surface area contributed by atoms with E-state index in [0.29, 0.717) is 24.3 Å². The van der Waals surface area contributed by atoms with Gasteiger partial charge in [0.15, 0.2) is 17.2 Å². The number of fused-ring (bicyclic) bond motifs is 1. The van der Waals surface area contributed by atoms with Crippen molar-refractivity contribution in [2.75, 3.05) is 13.3 Å². The minimum Gasteiger partial charge on any atom is -0.469 e. The van der Waals surface area contributed by atoms with E-state index in [2.05, 4.69) is 5.32 Å². The van der Waals surface area contributed by atoms with Gasteiger partial charge in [-0.05, 0) is 37.0 Å². The van der Waals surface area contributed by atoms with Gasteiger partial charge in [0.2, 0.25) is 6.79 Å². The molecule has 0 radical (unpaired) electrons. The van der Waals surface area contributed by atoms with Gasteiger partial charge in [0.25, 0.3) is 10.0 Å². The number of aliphatic hydroxyl groups is 1. The number of hydrogen-bond donors (Lipinski definition) is 2. The SMILES string of the molecule is O=C(N[C@@H](Cc1ccccc1)[C@H](O)CN(OC1CCCCC1)S(=O)(=O)c1ccc2c(c1)OCO2)Oc1ccoc1. The number of furan rings is 1. The zero-order valence-electron chi connectivity index (χ0n) is 21.8. The average Bonchev–Trinajstić information content (AvgIpc) is 3.65. The number of hydroxylamine groups is 1. The van der Waals surface area contributed by atoms with Crippen LogP contribution in [0.5, 0.6) is 17.2 Å². The molecule has 0 unspecified atom stereocenters. The molecule has 214 valence electrons. The van der Waals surface area contributed by atoms with E-state index in [-0.39, 0.29) is 30.0 Å². The highest BCUT2D eigenvalue weighted by molar-refractivity contribution is 7.89. The largest absolute Gasteiger partial charge is 0.469 e. The van der Waals surface area contributed by atoms with Crippen LogP contribution in [0.4, 0.5) is 4.79 Å². The van der Waals surface area contributed by atoms with Gasteiger partial charge in [-0.2, -0.15) is 0 Å². The zero-order valence-corrected chi connectivity index (χ0v) is 22.6. The molecule has 2 atom stereocenters. The standard InChI is InChI=1S/C28H32N2O9S/c31-25(24(15-20-7-3-1-4-8-20)29-28(32)38-22-13-14-35-18-22)17-30(39-21-9-5-2-6-10-21)40(33,34)23-11-12-26-27(16-23)37-19-36-26/h1,3-4,7-8,11-14,16,18,21,24-25,31H,2,5-6,9-10,15,17,19H2,(H,29,32)/t24-,25+/m0/s1. The monoisotopic (exact) mass is 572 g/mol. The van der Waals surface area contributed by atoms with E-state index >= 15 is 0 Å². The summed E-state index contributed by atoms with van der Waals surface area (Å²) in [6, 6.07) is 14.1. The summed E-state index contributed by atoms with van der Waals surface area (Å²) in [4.78, 5) is 18.7. The fourth-order valence-electron chi connectivity index (χ4n) is 4.72. The number of aliphatic hydroxyl groups excluding tert-OH is 1. The van der Waals surface area contributed by atoms with Crippen LogP contribution in [0.15, 0.2) is 76.4 Å². The fraction of sp³-hybridized carbons (Fsp3) is 0.393. The number of ether oxygens (including phenoxy) is 3. The summed E-state index contributed by atoms with van der Waals surface area (Å²) in [7, 11) is -4.23. The molecule has 2 heterocycles. The molecule has 1 amide bonds. The Hall–Kier alpha value is -3.58. The number of benzene rings is 2. The number of amides is 1. The van der Waals surface area contributed by atoms with E-state index in [1.807, 2.05) is 30.3 Å². The molecule has 40 heavy (non-hydrogen) atoms. The minimum absolute atomic E-state index is 0.00158. The summed E-state index contributed by atoms with van der Waals surface area (Å²) < 4.78 is 49.4. The summed E-state index contributed by atoms with van der Waals surface area (Å²) in [6.45, 7) is -0.432. The lowest BCUT2D eigenvalue weighted by atomic mass is 9.98. The lowest BCUT2D eigenvalue weighted by Crippen LogP contribution is -2.51. The first-order valence-corrected chi connectivity index (χ1v) is 14.6. The van der Waals surface area contributed by atoms with Crippen LogP contribution in [0.3, 0.4) is 0 Å². The topological polar surface area (TPSA) is 137 Å². The van der Waals surface area contributed by atoms with E-state index in [9.17, 15) is 18.3 Å². The summed E-state index contributed by atoms with van der Waals surface area (Å²) >= 11 is 0. The van der Waals surface area contributed by atoms with Crippen molar-refractivity contribution in [3.63, 3.8) is 0 Å². The van der Waals surface area contributed by atoms with E-state index in [1.54, 1.807) is 0 Å². The molecule has 2 aliphatic rings. The van der Waals surface area contributed by atoms with Crippen LogP contribution in [0, 0.1) is 0 Å². The Bertz CT molecular complexity index is 1360. The minimum atomic E-state index is -4.23. The van der Waals surface area contributed by atoms with Crippen LogP contribution in [0.25, 0.3) is 0 Å². The van der Waals surface area contributed by atoms with E-state index in [4.69, 9.17) is 23.5 Å². The summed E-state index contributed by atoms with van der Waals surface area (Å²) in [5, 5.41) is 14.1. The number of sulfonamides is 1. The maximum Gasteiger partial charge on any atom is 0.413 e. The van der Waals surface area contributed by atoms with Crippen LogP contribution in [0.2, 0.25) is 0 Å². The Balaban J connectivity index is 1.38. The lowest BCUT2D eigenvalue weighted by Gasteiger charge is -2.32. The smallest absolute Gasteiger partial charge is 0.413 e. The van der Waals surface area contributed by atoms with Gasteiger partial charge in [0.05, 0.1) is 36.0 Å². The molecule has 3 aromatic rings. The molecule has 1 aliphatic heterocycles. The number of carbonyl (C=O) groups is 1. The second kappa shape index (κ2) is 12.7. The second-order valence-electron chi connectivity index (χ2n) is 9.73. The molecule has 11 nitrogen and oxygen atoms in total. The quantitative estimate of drug-likeness (QED) is 0.326. The Kier molecular flexibility index (Phi) is 8.90. The normalized spacial score (nSPS) is 16.9. The molecule has 0 bridgehead atoms. The maximum atomic E-state index is 13.8. The third-order valence-corrected chi connectivity index (χ3v) is 8.46. The average molecular weight is 573 g/mol. The number of carbonyl (C=O) groups excluding carboxylic acids is 1. The van der Waals surface area contributed by atoms with E-state index in [0.717, 1.165) is 29.3 Å². The van der Waals surface area contributed by atoms with Gasteiger partial charge < -0.3 is 29.1 Å². The first kappa shape index (κ1) is 28.0. The molecule has 0 saturated heterocycles. The predicted octanol–water partition coefficient (Wildman–Crippen LogP) is 4.02. The maximum absolute atomic E-state index is 13.8.